The number of benzene rings is 2. The van der Waals surface area contributed by atoms with Gasteiger partial charge in [-0.15, -0.1) is 0 Å². The van der Waals surface area contributed by atoms with Gasteiger partial charge < -0.3 is 9.88 Å². The van der Waals surface area contributed by atoms with E-state index in [-0.39, 0.29) is 11.2 Å². The first-order chi connectivity index (χ1) is 12.3. The maximum Gasteiger partial charge on any atom is 0.238 e. The second-order valence-electron chi connectivity index (χ2n) is 6.32. The van der Waals surface area contributed by atoms with Crippen LogP contribution in [0, 0.1) is 0 Å². The molecule has 4 rings (SSSR count). The summed E-state index contributed by atoms with van der Waals surface area (Å²) in [5, 5.41) is 3.75. The highest BCUT2D eigenvalue weighted by Gasteiger charge is 2.30. The number of amides is 1. The van der Waals surface area contributed by atoms with E-state index in [0.717, 1.165) is 41.1 Å². The monoisotopic (exact) mass is 351 g/mol. The lowest BCUT2D eigenvalue weighted by molar-refractivity contribution is -0.120. The number of thioether (sulfide) groups is 1. The summed E-state index contributed by atoms with van der Waals surface area (Å²) in [4.78, 5) is 17.6. The van der Waals surface area contributed by atoms with Crippen molar-refractivity contribution in [2.24, 2.45) is 0 Å². The second-order valence-corrected chi connectivity index (χ2v) is 7.39. The molecule has 1 amide bonds. The Morgan fingerprint density at radius 2 is 1.92 bits per heavy atom. The molecular formula is C20H21N3OS. The number of aryl methyl sites for hydroxylation is 1. The van der Waals surface area contributed by atoms with E-state index in [2.05, 4.69) is 22.9 Å². The van der Waals surface area contributed by atoms with Crippen LogP contribution in [0.5, 0.6) is 0 Å². The van der Waals surface area contributed by atoms with Gasteiger partial charge in [0.05, 0.1) is 11.0 Å². The second kappa shape index (κ2) is 6.92. The van der Waals surface area contributed by atoms with Crippen molar-refractivity contribution in [1.82, 2.24) is 14.9 Å². The maximum absolute atomic E-state index is 12.8. The van der Waals surface area contributed by atoms with Gasteiger partial charge in [-0.1, -0.05) is 54.2 Å². The summed E-state index contributed by atoms with van der Waals surface area (Å²) in [6.07, 6.45) is 2.18. The van der Waals surface area contributed by atoms with Crippen LogP contribution in [0.15, 0.2) is 59.8 Å². The minimum Gasteiger partial charge on any atom is -0.352 e. The molecule has 0 spiro atoms. The van der Waals surface area contributed by atoms with Gasteiger partial charge in [-0.3, -0.25) is 4.79 Å². The summed E-state index contributed by atoms with van der Waals surface area (Å²) in [7, 11) is 0. The summed E-state index contributed by atoms with van der Waals surface area (Å²) in [6.45, 7) is 2.94. The van der Waals surface area contributed by atoms with Gasteiger partial charge in [0.2, 0.25) is 5.91 Å². The van der Waals surface area contributed by atoms with Crippen LogP contribution in [0.25, 0.3) is 11.0 Å². The molecule has 1 aliphatic carbocycles. The number of nitrogens with one attached hydrogen (secondary N) is 1. The van der Waals surface area contributed by atoms with Gasteiger partial charge in [0.1, 0.15) is 5.25 Å². The number of para-hydroxylation sites is 2. The minimum absolute atomic E-state index is 0.0772. The maximum atomic E-state index is 12.8. The highest BCUT2D eigenvalue weighted by molar-refractivity contribution is 8.00. The molecule has 1 aromatic heterocycles. The van der Waals surface area contributed by atoms with E-state index < -0.39 is 0 Å². The van der Waals surface area contributed by atoms with Gasteiger partial charge in [0, 0.05) is 12.6 Å². The lowest BCUT2D eigenvalue weighted by atomic mass is 10.1. The number of carbonyl (C=O) groups excluding carboxylic acids is 1. The molecular weight excluding hydrogens is 330 g/mol. The van der Waals surface area contributed by atoms with Gasteiger partial charge in [-0.2, -0.15) is 0 Å². The number of rotatable bonds is 6. The third-order valence-electron chi connectivity index (χ3n) is 4.42. The fourth-order valence-corrected chi connectivity index (χ4v) is 4.14. The summed E-state index contributed by atoms with van der Waals surface area (Å²) in [5.41, 5.74) is 3.10. The Morgan fingerprint density at radius 1 is 1.20 bits per heavy atom. The van der Waals surface area contributed by atoms with Crippen LogP contribution in [-0.2, 0) is 11.3 Å². The lowest BCUT2D eigenvalue weighted by Gasteiger charge is -2.17. The minimum atomic E-state index is -0.288. The zero-order valence-corrected chi connectivity index (χ0v) is 15.0. The smallest absolute Gasteiger partial charge is 0.238 e. The predicted octanol–water partition coefficient (Wildman–Crippen LogP) is 4.17. The number of aromatic nitrogens is 2. The van der Waals surface area contributed by atoms with Gasteiger partial charge in [-0.05, 0) is 37.5 Å². The molecule has 0 radical (unpaired) electrons. The standard InChI is InChI=1S/C20H21N3OS/c1-2-23-17-11-7-6-10-16(17)22-20(23)25-18(14-8-4-3-5-9-14)19(24)21-15-12-13-15/h3-11,15,18H,2,12-13H2,1H3,(H,21,24)/t18-/m1/s1. The van der Waals surface area contributed by atoms with Crippen molar-refractivity contribution in [2.75, 3.05) is 0 Å². The van der Waals surface area contributed by atoms with Crippen molar-refractivity contribution < 1.29 is 4.79 Å². The number of hydrogen-bond acceptors (Lipinski definition) is 3. The van der Waals surface area contributed by atoms with Crippen LogP contribution in [0.1, 0.15) is 30.6 Å². The molecule has 1 N–H and O–H groups in total. The molecule has 4 nitrogen and oxygen atoms in total. The van der Waals surface area contributed by atoms with Crippen LogP contribution in [0.4, 0.5) is 0 Å². The number of imidazole rings is 1. The summed E-state index contributed by atoms with van der Waals surface area (Å²) >= 11 is 1.54. The topological polar surface area (TPSA) is 46.9 Å². The third-order valence-corrected chi connectivity index (χ3v) is 5.67. The molecule has 5 heteroatoms. The van der Waals surface area contributed by atoms with Crippen molar-refractivity contribution in [3.63, 3.8) is 0 Å². The fraction of sp³-hybridized carbons (Fsp3) is 0.300. The Hall–Kier alpha value is -2.27. The summed E-state index contributed by atoms with van der Waals surface area (Å²) in [5.74, 6) is 0.0772. The zero-order valence-electron chi connectivity index (χ0n) is 14.2. The Bertz CT molecular complexity index is 886. The molecule has 0 aliphatic heterocycles. The molecule has 3 aromatic rings. The van der Waals surface area contributed by atoms with Crippen LogP contribution in [0.3, 0.4) is 0 Å². The van der Waals surface area contributed by atoms with E-state index >= 15 is 0 Å². The quantitative estimate of drug-likeness (QED) is 0.678. The van der Waals surface area contributed by atoms with E-state index in [1.807, 2.05) is 48.5 Å². The van der Waals surface area contributed by atoms with Crippen molar-refractivity contribution in [1.29, 1.82) is 0 Å². The molecule has 128 valence electrons. The van der Waals surface area contributed by atoms with E-state index in [1.54, 1.807) is 0 Å². The third kappa shape index (κ3) is 3.42. The van der Waals surface area contributed by atoms with Crippen LogP contribution in [0.2, 0.25) is 0 Å². The molecule has 1 saturated carbocycles. The Balaban J connectivity index is 1.69. The Labute approximate surface area is 151 Å². The summed E-state index contributed by atoms with van der Waals surface area (Å²) in [6, 6.07) is 18.5. The number of fused-ring (bicyclic) bond motifs is 1. The molecule has 25 heavy (non-hydrogen) atoms. The molecule has 0 saturated heterocycles. The van der Waals surface area contributed by atoms with E-state index in [9.17, 15) is 4.79 Å². The van der Waals surface area contributed by atoms with Crippen LogP contribution < -0.4 is 5.32 Å². The first kappa shape index (κ1) is 16.2. The average Bonchev–Trinajstić information content (AvgIpc) is 3.38. The van der Waals surface area contributed by atoms with Gasteiger partial charge in [0.25, 0.3) is 0 Å². The highest BCUT2D eigenvalue weighted by atomic mass is 32.2. The highest BCUT2D eigenvalue weighted by Crippen LogP contribution is 2.37. The Morgan fingerprint density at radius 3 is 2.64 bits per heavy atom. The number of carbonyl (C=O) groups is 1. The molecule has 1 heterocycles. The first-order valence-electron chi connectivity index (χ1n) is 8.73. The number of hydrogen-bond donors (Lipinski definition) is 1. The van der Waals surface area contributed by atoms with Gasteiger partial charge in [-0.25, -0.2) is 4.98 Å². The van der Waals surface area contributed by atoms with Crippen molar-refractivity contribution >= 4 is 28.7 Å². The molecule has 1 aliphatic rings. The molecule has 1 atom stereocenters. The van der Waals surface area contributed by atoms with Crippen molar-refractivity contribution in [3.8, 4) is 0 Å². The zero-order chi connectivity index (χ0) is 17.2. The van der Waals surface area contributed by atoms with Crippen molar-refractivity contribution in [2.45, 2.75) is 42.8 Å². The molecule has 1 fully saturated rings. The lowest BCUT2D eigenvalue weighted by Crippen LogP contribution is -2.29. The van der Waals surface area contributed by atoms with Gasteiger partial charge in [0.15, 0.2) is 5.16 Å². The van der Waals surface area contributed by atoms with Crippen LogP contribution in [-0.4, -0.2) is 21.5 Å². The van der Waals surface area contributed by atoms with Crippen LogP contribution >= 0.6 is 11.8 Å². The summed E-state index contributed by atoms with van der Waals surface area (Å²) < 4.78 is 2.18. The van der Waals surface area contributed by atoms with Gasteiger partial charge >= 0.3 is 0 Å². The fourth-order valence-electron chi connectivity index (χ4n) is 2.96. The first-order valence-corrected chi connectivity index (χ1v) is 9.61. The number of nitrogens with zero attached hydrogens (tertiary/aromatic N) is 2. The molecule has 0 bridgehead atoms. The molecule has 2 aromatic carbocycles. The van der Waals surface area contributed by atoms with E-state index in [1.165, 1.54) is 11.8 Å². The normalized spacial score (nSPS) is 15.2. The SMILES string of the molecule is CCn1c(S[C@@H](C(=O)NC2CC2)c2ccccc2)nc2ccccc21. The Kier molecular flexibility index (Phi) is 4.49. The van der Waals surface area contributed by atoms with E-state index in [4.69, 9.17) is 4.98 Å². The van der Waals surface area contributed by atoms with Crippen molar-refractivity contribution in [3.05, 3.63) is 60.2 Å². The average molecular weight is 351 g/mol. The molecule has 0 unspecified atom stereocenters. The largest absolute Gasteiger partial charge is 0.352 e. The predicted molar refractivity (Wildman–Crippen MR) is 102 cm³/mol. The van der Waals surface area contributed by atoms with E-state index in [0.29, 0.717) is 6.04 Å².